The Kier molecular flexibility index (Phi) is 2.55. The molecule has 1 aliphatic heterocycles. The second kappa shape index (κ2) is 3.11. The fraction of sp³-hybridized carbons (Fsp3) is 1.00. The molecule has 0 radical (unpaired) electrons. The minimum absolute atomic E-state index is 0.535. The zero-order valence-electron chi connectivity index (χ0n) is 7.63. The predicted molar refractivity (Wildman–Crippen MR) is 44.4 cm³/mol. The van der Waals surface area contributed by atoms with E-state index < -0.39 is 5.60 Å². The minimum atomic E-state index is -0.535. The van der Waals surface area contributed by atoms with Crippen LogP contribution in [-0.2, 0) is 4.74 Å². The summed E-state index contributed by atoms with van der Waals surface area (Å²) in [6.07, 6.45) is 0.855. The molecular formula is C9H18O2. The first-order valence-corrected chi connectivity index (χ1v) is 4.29. The van der Waals surface area contributed by atoms with E-state index >= 15 is 0 Å². The van der Waals surface area contributed by atoms with Gasteiger partial charge in [0, 0.05) is 13.2 Å². The number of rotatable bonds is 2. The highest BCUT2D eigenvalue weighted by atomic mass is 16.5. The molecule has 1 rings (SSSR count). The molecule has 0 aromatic heterocycles. The van der Waals surface area contributed by atoms with E-state index in [9.17, 15) is 5.11 Å². The summed E-state index contributed by atoms with van der Waals surface area (Å²) in [4.78, 5) is 0. The Morgan fingerprint density at radius 2 is 2.09 bits per heavy atom. The molecule has 66 valence electrons. The van der Waals surface area contributed by atoms with Crippen LogP contribution in [0.25, 0.3) is 0 Å². The Bertz CT molecular complexity index is 126. The third-order valence-corrected chi connectivity index (χ3v) is 2.28. The van der Waals surface area contributed by atoms with Gasteiger partial charge >= 0.3 is 0 Å². The van der Waals surface area contributed by atoms with Crippen molar-refractivity contribution in [3.8, 4) is 0 Å². The third-order valence-electron chi connectivity index (χ3n) is 2.28. The molecule has 0 bridgehead atoms. The fourth-order valence-corrected chi connectivity index (χ4v) is 1.61. The molecule has 2 heteroatoms. The van der Waals surface area contributed by atoms with Crippen molar-refractivity contribution >= 4 is 0 Å². The molecule has 1 aliphatic rings. The van der Waals surface area contributed by atoms with E-state index in [2.05, 4.69) is 6.92 Å². The highest BCUT2D eigenvalue weighted by Gasteiger charge is 2.29. The monoisotopic (exact) mass is 158 g/mol. The van der Waals surface area contributed by atoms with E-state index in [0.29, 0.717) is 11.8 Å². The molecule has 0 amide bonds. The van der Waals surface area contributed by atoms with Gasteiger partial charge in [-0.15, -0.1) is 0 Å². The Morgan fingerprint density at radius 1 is 1.45 bits per heavy atom. The lowest BCUT2D eigenvalue weighted by Gasteiger charge is -2.23. The van der Waals surface area contributed by atoms with Gasteiger partial charge in [0.1, 0.15) is 0 Å². The van der Waals surface area contributed by atoms with Gasteiger partial charge in [-0.05, 0) is 32.1 Å². The van der Waals surface area contributed by atoms with Crippen LogP contribution in [0, 0.1) is 11.8 Å². The van der Waals surface area contributed by atoms with Crippen LogP contribution in [0.1, 0.15) is 27.2 Å². The van der Waals surface area contributed by atoms with Crippen molar-refractivity contribution in [1.82, 2.24) is 0 Å². The molecule has 0 aliphatic carbocycles. The van der Waals surface area contributed by atoms with Crippen LogP contribution in [0.3, 0.4) is 0 Å². The molecule has 1 fully saturated rings. The van der Waals surface area contributed by atoms with E-state index in [-0.39, 0.29) is 0 Å². The van der Waals surface area contributed by atoms with E-state index in [1.807, 2.05) is 13.8 Å². The van der Waals surface area contributed by atoms with Crippen molar-refractivity contribution in [3.05, 3.63) is 0 Å². The summed E-state index contributed by atoms with van der Waals surface area (Å²) in [5.41, 5.74) is -0.535. The first-order chi connectivity index (χ1) is 4.99. The van der Waals surface area contributed by atoms with E-state index in [4.69, 9.17) is 4.74 Å². The maximum absolute atomic E-state index is 9.54. The van der Waals surface area contributed by atoms with Crippen LogP contribution in [0.15, 0.2) is 0 Å². The van der Waals surface area contributed by atoms with E-state index in [1.54, 1.807) is 0 Å². The van der Waals surface area contributed by atoms with Gasteiger partial charge < -0.3 is 9.84 Å². The van der Waals surface area contributed by atoms with Crippen LogP contribution in [0.5, 0.6) is 0 Å². The van der Waals surface area contributed by atoms with Crippen LogP contribution < -0.4 is 0 Å². The van der Waals surface area contributed by atoms with Crippen molar-refractivity contribution in [2.75, 3.05) is 13.2 Å². The molecule has 0 unspecified atom stereocenters. The smallest absolute Gasteiger partial charge is 0.0595 e. The minimum Gasteiger partial charge on any atom is -0.390 e. The molecule has 1 N–H and O–H groups in total. The van der Waals surface area contributed by atoms with Crippen LogP contribution in [0.2, 0.25) is 0 Å². The maximum atomic E-state index is 9.54. The van der Waals surface area contributed by atoms with Gasteiger partial charge in [0.25, 0.3) is 0 Å². The molecule has 2 atom stereocenters. The normalized spacial score (nSPS) is 32.7. The fourth-order valence-electron chi connectivity index (χ4n) is 1.61. The molecule has 11 heavy (non-hydrogen) atoms. The third kappa shape index (κ3) is 2.80. The average molecular weight is 158 g/mol. The lowest BCUT2D eigenvalue weighted by atomic mass is 9.87. The maximum Gasteiger partial charge on any atom is 0.0595 e. The van der Waals surface area contributed by atoms with Crippen LogP contribution >= 0.6 is 0 Å². The zero-order valence-corrected chi connectivity index (χ0v) is 7.63. The largest absolute Gasteiger partial charge is 0.390 e. The van der Waals surface area contributed by atoms with Gasteiger partial charge in [-0.2, -0.15) is 0 Å². The number of ether oxygens (including phenoxy) is 1. The zero-order chi connectivity index (χ0) is 8.48. The first kappa shape index (κ1) is 9.01. The van der Waals surface area contributed by atoms with Crippen molar-refractivity contribution in [3.63, 3.8) is 0 Å². The topological polar surface area (TPSA) is 29.5 Å². The summed E-state index contributed by atoms with van der Waals surface area (Å²) in [6.45, 7) is 7.59. The van der Waals surface area contributed by atoms with Gasteiger partial charge in [0.2, 0.25) is 0 Å². The predicted octanol–water partition coefficient (Wildman–Crippen LogP) is 1.43. The molecule has 0 spiro atoms. The Labute approximate surface area is 68.6 Å². The van der Waals surface area contributed by atoms with Gasteiger partial charge in [0.05, 0.1) is 5.60 Å². The van der Waals surface area contributed by atoms with Gasteiger partial charge in [0.15, 0.2) is 0 Å². The highest BCUT2D eigenvalue weighted by Crippen LogP contribution is 2.27. The van der Waals surface area contributed by atoms with Crippen molar-refractivity contribution in [1.29, 1.82) is 0 Å². The second-order valence-electron chi connectivity index (χ2n) is 4.29. The Morgan fingerprint density at radius 3 is 2.45 bits per heavy atom. The number of aliphatic hydroxyl groups is 1. The molecule has 1 saturated heterocycles. The van der Waals surface area contributed by atoms with Crippen molar-refractivity contribution in [2.45, 2.75) is 32.8 Å². The van der Waals surface area contributed by atoms with Crippen molar-refractivity contribution < 1.29 is 9.84 Å². The first-order valence-electron chi connectivity index (χ1n) is 4.29. The quantitative estimate of drug-likeness (QED) is 0.658. The molecule has 2 nitrogen and oxygen atoms in total. The highest BCUT2D eigenvalue weighted by molar-refractivity contribution is 4.78. The van der Waals surface area contributed by atoms with E-state index in [0.717, 1.165) is 19.6 Å². The van der Waals surface area contributed by atoms with Gasteiger partial charge in [-0.25, -0.2) is 0 Å². The van der Waals surface area contributed by atoms with Crippen LogP contribution in [0.4, 0.5) is 0 Å². The molecular weight excluding hydrogens is 140 g/mol. The standard InChI is InChI=1S/C9H18O2/c1-7-5-11-6-8(7)4-9(2,3)10/h7-8,10H,4-6H2,1-3H3/t7-,8-/m0/s1. The Hall–Kier alpha value is -0.0800. The van der Waals surface area contributed by atoms with Gasteiger partial charge in [-0.1, -0.05) is 6.92 Å². The summed E-state index contributed by atoms with van der Waals surface area (Å²) in [7, 11) is 0. The second-order valence-corrected chi connectivity index (χ2v) is 4.29. The number of hydrogen-bond donors (Lipinski definition) is 1. The average Bonchev–Trinajstić information content (AvgIpc) is 2.12. The molecule has 0 aromatic carbocycles. The molecule has 0 aromatic rings. The molecule has 1 heterocycles. The number of hydrogen-bond acceptors (Lipinski definition) is 2. The van der Waals surface area contributed by atoms with Gasteiger partial charge in [-0.3, -0.25) is 0 Å². The van der Waals surface area contributed by atoms with Crippen LogP contribution in [-0.4, -0.2) is 23.9 Å². The summed E-state index contributed by atoms with van der Waals surface area (Å²) in [5, 5.41) is 9.54. The SMILES string of the molecule is C[C@H]1COC[C@@H]1CC(C)(C)O. The Balaban J connectivity index is 2.37. The lowest BCUT2D eigenvalue weighted by molar-refractivity contribution is 0.0456. The summed E-state index contributed by atoms with van der Waals surface area (Å²) < 4.78 is 5.30. The van der Waals surface area contributed by atoms with Crippen molar-refractivity contribution in [2.24, 2.45) is 11.8 Å². The lowest BCUT2D eigenvalue weighted by Crippen LogP contribution is -2.25. The summed E-state index contributed by atoms with van der Waals surface area (Å²) >= 11 is 0. The molecule has 0 saturated carbocycles. The van der Waals surface area contributed by atoms with E-state index in [1.165, 1.54) is 0 Å². The summed E-state index contributed by atoms with van der Waals surface area (Å²) in [6, 6.07) is 0. The summed E-state index contributed by atoms with van der Waals surface area (Å²) in [5.74, 6) is 1.16.